The number of rotatable bonds is 10. The molecule has 0 bridgehead atoms. The summed E-state index contributed by atoms with van der Waals surface area (Å²) in [5, 5.41) is 2.39. The van der Waals surface area contributed by atoms with Gasteiger partial charge in [-0.25, -0.2) is 17.8 Å². The first kappa shape index (κ1) is 35.9. The van der Waals surface area contributed by atoms with E-state index >= 15 is 0 Å². The summed E-state index contributed by atoms with van der Waals surface area (Å²) in [5.74, 6) is -1.21. The zero-order valence-electron chi connectivity index (χ0n) is 28.1. The summed E-state index contributed by atoms with van der Waals surface area (Å²) >= 11 is 0. The normalized spacial score (nSPS) is 17.5. The summed E-state index contributed by atoms with van der Waals surface area (Å²) in [6.07, 6.45) is 0.574. The summed E-state index contributed by atoms with van der Waals surface area (Å²) in [7, 11) is -3.75. The number of nitrogens with zero attached hydrogens (tertiary/aromatic N) is 3. The van der Waals surface area contributed by atoms with E-state index in [1.807, 2.05) is 0 Å². The summed E-state index contributed by atoms with van der Waals surface area (Å²) in [6, 6.07) is 16.1. The number of benzene rings is 3. The molecule has 4 aromatic rings. The highest BCUT2D eigenvalue weighted by atomic mass is 32.2. The fourth-order valence-electron chi connectivity index (χ4n) is 7.25. The maximum absolute atomic E-state index is 14.6. The topological polar surface area (TPSA) is 82.6 Å². The van der Waals surface area contributed by atoms with Crippen LogP contribution in [0.25, 0.3) is 22.2 Å². The van der Waals surface area contributed by atoms with Gasteiger partial charge in [0.15, 0.2) is 15.9 Å². The molecule has 1 aromatic heterocycles. The van der Waals surface area contributed by atoms with Crippen LogP contribution in [0.5, 0.6) is 0 Å². The second-order valence-electron chi connectivity index (χ2n) is 13.2. The van der Waals surface area contributed by atoms with Gasteiger partial charge in [-0.3, -0.25) is 9.69 Å². The van der Waals surface area contributed by atoms with E-state index in [2.05, 4.69) is 15.1 Å². The van der Waals surface area contributed by atoms with Crippen molar-refractivity contribution in [2.75, 3.05) is 31.9 Å². The van der Waals surface area contributed by atoms with Crippen molar-refractivity contribution in [1.29, 1.82) is 0 Å². The highest BCUT2D eigenvalue weighted by Crippen LogP contribution is 2.37. The standard InChI is InChI=1S/C38H42F4N4O3S/c1-2-50(48,49)30-14-15-33-31(23-30)34(37(47)44-36(38(40,41)42)27-11-5-3-6-12-27)32(35(43-33)28-13-9-10-26(22-28)24-39)25-45-20-16-29(17-21-45)46-18-7-4-8-19-46/h3,5-6,9-15,22-23,29,36H,2,4,7-8,16-21,24-25H2,1H3,(H,44,47)/t36-/m1/s1. The Morgan fingerprint density at radius 3 is 2.32 bits per heavy atom. The predicted octanol–water partition coefficient (Wildman–Crippen LogP) is 7.65. The van der Waals surface area contributed by atoms with Crippen molar-refractivity contribution in [3.05, 3.63) is 95.1 Å². The number of amides is 1. The summed E-state index contributed by atoms with van der Waals surface area (Å²) in [5.41, 5.74) is 1.62. The van der Waals surface area contributed by atoms with Gasteiger partial charge < -0.3 is 10.2 Å². The van der Waals surface area contributed by atoms with Crippen molar-refractivity contribution in [2.24, 2.45) is 0 Å². The Labute approximate surface area is 290 Å². The molecule has 1 amide bonds. The molecule has 6 rings (SSSR count). The number of nitrogens with one attached hydrogen (secondary N) is 1. The molecular formula is C38H42F4N4O3S. The molecule has 1 N–H and O–H groups in total. The maximum atomic E-state index is 14.6. The van der Waals surface area contributed by atoms with E-state index in [1.165, 1.54) is 68.7 Å². The number of hydrogen-bond acceptors (Lipinski definition) is 6. The molecule has 0 spiro atoms. The van der Waals surface area contributed by atoms with E-state index in [-0.39, 0.29) is 39.2 Å². The molecule has 2 aliphatic rings. The fourth-order valence-corrected chi connectivity index (χ4v) is 8.15. The SMILES string of the molecule is CCS(=O)(=O)c1ccc2nc(-c3cccc(CF)c3)c(CN3CCC(N4CCCCC4)CC3)c(C(=O)N[C@H](c3ccccc3)C(F)(F)F)c2c1. The number of sulfone groups is 1. The second-order valence-corrected chi connectivity index (χ2v) is 15.5. The number of fused-ring (bicyclic) bond motifs is 1. The van der Waals surface area contributed by atoms with Crippen LogP contribution >= 0.6 is 0 Å². The van der Waals surface area contributed by atoms with Crippen LogP contribution in [-0.2, 0) is 23.1 Å². The molecule has 3 heterocycles. The minimum atomic E-state index is -4.83. The van der Waals surface area contributed by atoms with Crippen LogP contribution in [0.15, 0.2) is 77.7 Å². The average Bonchev–Trinajstić information content (AvgIpc) is 3.13. The third-order valence-corrected chi connectivity index (χ3v) is 11.7. The number of likely N-dealkylation sites (tertiary alicyclic amines) is 2. The number of hydrogen-bond donors (Lipinski definition) is 1. The number of piperidine rings is 2. The highest BCUT2D eigenvalue weighted by Gasteiger charge is 2.42. The van der Waals surface area contributed by atoms with E-state index in [9.17, 15) is 30.8 Å². The Bertz CT molecular complexity index is 1920. The first-order valence-electron chi connectivity index (χ1n) is 17.2. The van der Waals surface area contributed by atoms with Crippen LogP contribution in [-0.4, -0.2) is 73.3 Å². The minimum absolute atomic E-state index is 0.0562. The Hall–Kier alpha value is -3.87. The van der Waals surface area contributed by atoms with E-state index < -0.39 is 34.6 Å². The van der Waals surface area contributed by atoms with Crippen molar-refractivity contribution in [3.63, 3.8) is 0 Å². The zero-order valence-corrected chi connectivity index (χ0v) is 28.9. The lowest BCUT2D eigenvalue weighted by molar-refractivity contribution is -0.155. The van der Waals surface area contributed by atoms with Crippen LogP contribution in [0.1, 0.15) is 72.1 Å². The number of pyridine rings is 1. The summed E-state index contributed by atoms with van der Waals surface area (Å²) in [4.78, 5) is 24.0. The average molecular weight is 711 g/mol. The maximum Gasteiger partial charge on any atom is 0.412 e. The molecule has 12 heteroatoms. The lowest BCUT2D eigenvalue weighted by Gasteiger charge is -2.40. The predicted molar refractivity (Wildman–Crippen MR) is 186 cm³/mol. The molecule has 3 aromatic carbocycles. The number of aromatic nitrogens is 1. The van der Waals surface area contributed by atoms with Gasteiger partial charge in [-0.2, -0.15) is 13.2 Å². The van der Waals surface area contributed by atoms with Gasteiger partial charge in [0, 0.05) is 29.1 Å². The molecule has 7 nitrogen and oxygen atoms in total. The van der Waals surface area contributed by atoms with Crippen LogP contribution in [0, 0.1) is 0 Å². The van der Waals surface area contributed by atoms with E-state index in [1.54, 1.807) is 30.3 Å². The first-order chi connectivity index (χ1) is 24.0. The Balaban J connectivity index is 1.51. The van der Waals surface area contributed by atoms with E-state index in [4.69, 9.17) is 4.98 Å². The third-order valence-electron chi connectivity index (χ3n) is 9.96. The molecule has 50 heavy (non-hydrogen) atoms. The molecule has 2 saturated heterocycles. The largest absolute Gasteiger partial charge is 0.412 e. The van der Waals surface area contributed by atoms with Crippen molar-refractivity contribution >= 4 is 26.6 Å². The fraction of sp³-hybridized carbons (Fsp3) is 0.421. The molecule has 2 aliphatic heterocycles. The lowest BCUT2D eigenvalue weighted by atomic mass is 9.93. The lowest BCUT2D eigenvalue weighted by Crippen LogP contribution is -2.46. The monoisotopic (exact) mass is 710 g/mol. The van der Waals surface area contributed by atoms with E-state index in [0.29, 0.717) is 41.5 Å². The molecule has 0 aliphatic carbocycles. The van der Waals surface area contributed by atoms with Gasteiger partial charge in [-0.1, -0.05) is 61.9 Å². The van der Waals surface area contributed by atoms with Crippen LogP contribution in [0.4, 0.5) is 17.6 Å². The number of carbonyl (C=O) groups excluding carboxylic acids is 1. The van der Waals surface area contributed by atoms with Gasteiger partial charge >= 0.3 is 6.18 Å². The van der Waals surface area contributed by atoms with Crippen molar-refractivity contribution in [2.45, 2.75) is 75.4 Å². The summed E-state index contributed by atoms with van der Waals surface area (Å²) < 4.78 is 83.7. The smallest absolute Gasteiger partial charge is 0.337 e. The van der Waals surface area contributed by atoms with Gasteiger partial charge in [0.2, 0.25) is 0 Å². The van der Waals surface area contributed by atoms with Crippen LogP contribution in [0.3, 0.4) is 0 Å². The zero-order chi connectivity index (χ0) is 35.5. The van der Waals surface area contributed by atoms with Crippen LogP contribution in [0.2, 0.25) is 0 Å². The molecule has 0 unspecified atom stereocenters. The van der Waals surface area contributed by atoms with Gasteiger partial charge in [0.25, 0.3) is 5.91 Å². The van der Waals surface area contributed by atoms with Gasteiger partial charge in [-0.05, 0) is 87.3 Å². The number of carbonyl (C=O) groups is 1. The van der Waals surface area contributed by atoms with Crippen LogP contribution < -0.4 is 5.32 Å². The van der Waals surface area contributed by atoms with Gasteiger partial charge in [0.05, 0.1) is 27.4 Å². The molecular weight excluding hydrogens is 669 g/mol. The van der Waals surface area contributed by atoms with Gasteiger partial charge in [-0.15, -0.1) is 0 Å². The number of halogens is 4. The minimum Gasteiger partial charge on any atom is -0.337 e. The third kappa shape index (κ3) is 7.87. The second kappa shape index (κ2) is 15.2. The quantitative estimate of drug-likeness (QED) is 0.170. The molecule has 0 saturated carbocycles. The molecule has 1 atom stereocenters. The van der Waals surface area contributed by atoms with Crippen molar-refractivity contribution in [3.8, 4) is 11.3 Å². The Kier molecular flexibility index (Phi) is 10.9. The highest BCUT2D eigenvalue weighted by molar-refractivity contribution is 7.91. The van der Waals surface area contributed by atoms with Crippen molar-refractivity contribution in [1.82, 2.24) is 20.1 Å². The summed E-state index contributed by atoms with van der Waals surface area (Å²) in [6.45, 7) is 4.48. The molecule has 0 radical (unpaired) electrons. The van der Waals surface area contributed by atoms with Crippen molar-refractivity contribution < 1.29 is 30.8 Å². The Morgan fingerprint density at radius 1 is 0.940 bits per heavy atom. The molecule has 266 valence electrons. The Morgan fingerprint density at radius 2 is 1.66 bits per heavy atom. The number of alkyl halides is 4. The van der Waals surface area contributed by atoms with E-state index in [0.717, 1.165) is 25.9 Å². The van der Waals surface area contributed by atoms with Gasteiger partial charge in [0.1, 0.15) is 6.67 Å². The molecule has 2 fully saturated rings. The first-order valence-corrected chi connectivity index (χ1v) is 18.9.